The van der Waals surface area contributed by atoms with E-state index >= 15 is 0 Å². The average molecular weight is 1540 g/mol. The normalized spacial score (nSPS) is 11.6. The number of ether oxygens (including phenoxy) is 4. The number of anilines is 8. The number of carbonyl (C=O) groups is 5. The van der Waals surface area contributed by atoms with E-state index in [2.05, 4.69) is 68.6 Å². The summed E-state index contributed by atoms with van der Waals surface area (Å²) in [5, 5.41) is 28.0. The summed E-state index contributed by atoms with van der Waals surface area (Å²) in [6, 6.07) is 43.9. The molecule has 19 heteroatoms. The first-order valence-corrected chi connectivity index (χ1v) is 41.7. The molecule has 1 aliphatic rings. The van der Waals surface area contributed by atoms with Gasteiger partial charge in [0, 0.05) is 129 Å². The van der Waals surface area contributed by atoms with Crippen molar-refractivity contribution in [3.63, 3.8) is 0 Å². The maximum atomic E-state index is 14.6. The monoisotopic (exact) mass is 1540 g/mol. The van der Waals surface area contributed by atoms with Crippen LogP contribution >= 0.6 is 0 Å². The van der Waals surface area contributed by atoms with Crippen LogP contribution in [0.1, 0.15) is 242 Å². The van der Waals surface area contributed by atoms with E-state index in [4.69, 9.17) is 24.7 Å². The molecular weight excluding hydrogens is 1410 g/mol. The van der Waals surface area contributed by atoms with Gasteiger partial charge in [-0.3, -0.25) is 4.79 Å². The summed E-state index contributed by atoms with van der Waals surface area (Å²) < 4.78 is 28.9. The molecule has 19 nitrogen and oxygen atoms in total. The van der Waals surface area contributed by atoms with Crippen molar-refractivity contribution in [2.24, 2.45) is 5.73 Å². The summed E-state index contributed by atoms with van der Waals surface area (Å²) in [6.07, 6.45) is 26.5. The number of carbonyl (C=O) groups excluding carboxylic acids is 5. The maximum Gasteiger partial charge on any atom is 0.323 e. The molecule has 9 rings (SSSR count). The smallest absolute Gasteiger partial charge is 0.323 e. The minimum atomic E-state index is -0.504. The summed E-state index contributed by atoms with van der Waals surface area (Å²) in [5.41, 5.74) is 19.6. The minimum absolute atomic E-state index is 0.0678. The lowest BCUT2D eigenvalue weighted by atomic mass is 9.90. The van der Waals surface area contributed by atoms with E-state index in [0.717, 1.165) is 110 Å². The SMILES string of the molecule is CCCCCCCCCCOc1c2cc(NC(=O)Nc3ccc(C)cc3)cc1Cc1cc(NC(=O)Nc3ccc(C)cc3)cc(c1OCCCCCCCCCC)Cc1cc(NC(=O)Nc3ccc(C)cc3)cc(c1OCC(=O)NCCN)Cc1cc(NC(=O)Nc3ccc(C)cc3)cc(c1OCCCCCCCCCC)C2. The third-order valence-corrected chi connectivity index (χ3v) is 20.3. The number of urea groups is 4. The summed E-state index contributed by atoms with van der Waals surface area (Å²) in [7, 11) is 0. The number of hydrogen-bond donors (Lipinski definition) is 10. The number of aryl methyl sites for hydroxylation is 4. The molecule has 9 amide bonds. The molecule has 604 valence electrons. The van der Waals surface area contributed by atoms with Gasteiger partial charge in [0.15, 0.2) is 6.61 Å². The highest BCUT2D eigenvalue weighted by Gasteiger charge is 2.27. The van der Waals surface area contributed by atoms with Gasteiger partial charge < -0.3 is 72.5 Å². The summed E-state index contributed by atoms with van der Waals surface area (Å²) in [6.45, 7) is 15.8. The summed E-state index contributed by atoms with van der Waals surface area (Å²) in [5.74, 6) is 1.67. The Bertz CT molecular complexity index is 4130. The van der Waals surface area contributed by atoms with E-state index in [1.807, 2.05) is 173 Å². The van der Waals surface area contributed by atoms with Gasteiger partial charge >= 0.3 is 24.1 Å². The Morgan fingerprint density at radius 3 is 0.708 bits per heavy atom. The van der Waals surface area contributed by atoms with Crippen molar-refractivity contribution in [1.29, 1.82) is 0 Å². The van der Waals surface area contributed by atoms with Crippen LogP contribution in [-0.4, -0.2) is 69.5 Å². The zero-order chi connectivity index (χ0) is 79.9. The Balaban J connectivity index is 1.31. The van der Waals surface area contributed by atoms with Gasteiger partial charge in [-0.1, -0.05) is 226 Å². The second kappa shape index (κ2) is 47.1. The Morgan fingerprint density at radius 1 is 0.283 bits per heavy atom. The Morgan fingerprint density at radius 2 is 0.487 bits per heavy atom. The van der Waals surface area contributed by atoms with E-state index in [1.54, 1.807) is 0 Å². The zero-order valence-electron chi connectivity index (χ0n) is 68.1. The molecule has 0 aliphatic heterocycles. The van der Waals surface area contributed by atoms with Crippen molar-refractivity contribution in [3.05, 3.63) is 212 Å². The third-order valence-electron chi connectivity index (χ3n) is 20.3. The van der Waals surface area contributed by atoms with Gasteiger partial charge in [-0.25, -0.2) is 19.2 Å². The first-order valence-electron chi connectivity index (χ1n) is 41.7. The number of nitrogens with two attached hydrogens (primary N) is 1. The van der Waals surface area contributed by atoms with Crippen LogP contribution < -0.4 is 72.5 Å². The fraction of sp³-hybridized carbons (Fsp3) is 0.436. The molecule has 0 aromatic heterocycles. The van der Waals surface area contributed by atoms with Crippen molar-refractivity contribution in [3.8, 4) is 23.0 Å². The van der Waals surface area contributed by atoms with Crippen molar-refractivity contribution < 1.29 is 42.9 Å². The summed E-state index contributed by atoms with van der Waals surface area (Å²) >= 11 is 0. The highest BCUT2D eigenvalue weighted by Crippen LogP contribution is 2.44. The fourth-order valence-corrected chi connectivity index (χ4v) is 14.3. The first kappa shape index (κ1) is 86.5. The molecule has 8 bridgehead atoms. The predicted octanol–water partition coefficient (Wildman–Crippen LogP) is 23.2. The van der Waals surface area contributed by atoms with Gasteiger partial charge in [0.2, 0.25) is 0 Å². The van der Waals surface area contributed by atoms with Crippen LogP contribution in [0.15, 0.2) is 146 Å². The molecule has 0 spiro atoms. The maximum absolute atomic E-state index is 14.6. The number of amides is 9. The predicted molar refractivity (Wildman–Crippen MR) is 464 cm³/mol. The van der Waals surface area contributed by atoms with Gasteiger partial charge in [0.1, 0.15) is 23.0 Å². The van der Waals surface area contributed by atoms with Gasteiger partial charge in [0.25, 0.3) is 5.91 Å². The molecule has 0 heterocycles. The number of hydrogen-bond acceptors (Lipinski definition) is 10. The molecule has 0 unspecified atom stereocenters. The van der Waals surface area contributed by atoms with Gasteiger partial charge in [-0.05, 0) is 144 Å². The first-order chi connectivity index (χ1) is 55.0. The molecule has 0 radical (unpaired) electrons. The number of rotatable bonds is 43. The number of fused-ring (bicyclic) bond motifs is 8. The lowest BCUT2D eigenvalue weighted by Gasteiger charge is -2.25. The van der Waals surface area contributed by atoms with Crippen LogP contribution in [0.3, 0.4) is 0 Å². The number of nitrogens with one attached hydrogen (secondary N) is 9. The molecule has 0 saturated carbocycles. The van der Waals surface area contributed by atoms with Crippen LogP contribution in [0.25, 0.3) is 0 Å². The van der Waals surface area contributed by atoms with Crippen LogP contribution in [0, 0.1) is 27.7 Å². The van der Waals surface area contributed by atoms with Gasteiger partial charge in [0.05, 0.1) is 19.8 Å². The quantitative estimate of drug-likeness (QED) is 0.0162. The van der Waals surface area contributed by atoms with Crippen LogP contribution in [0.5, 0.6) is 23.0 Å². The lowest BCUT2D eigenvalue weighted by Crippen LogP contribution is -2.33. The van der Waals surface area contributed by atoms with Gasteiger partial charge in [-0.15, -0.1) is 0 Å². The minimum Gasteiger partial charge on any atom is -0.493 e. The van der Waals surface area contributed by atoms with E-state index in [9.17, 15) is 24.0 Å². The van der Waals surface area contributed by atoms with Gasteiger partial charge in [-0.2, -0.15) is 0 Å². The molecule has 0 atom stereocenters. The fourth-order valence-electron chi connectivity index (χ4n) is 14.3. The highest BCUT2D eigenvalue weighted by molar-refractivity contribution is 6.02. The third kappa shape index (κ3) is 29.8. The molecule has 113 heavy (non-hydrogen) atoms. The molecule has 1 aliphatic carbocycles. The Hall–Kier alpha value is -10.5. The standard InChI is InChI=1S/C94H124N10O9/c1-8-11-14-17-20-23-26-29-50-110-87-70-53-72-59-83(102-92(107)98-79-42-34-67(5)35-43-79)61-74(88(72)111-51-30-27-24-21-18-15-12-9-2)55-76-63-85(104-94(109)100-81-46-38-69(7)39-47-81)64-77(90(76)113-65-86(105)96-49-48-95)56-75-62-84(103-93(108)99-80-44-36-68(6)37-45-80)60-73(89(75)112-52-31-28-25-22-19-16-13-10-3)54-71(87)58-82(57-70)101-91(106)97-78-40-32-66(4)33-41-78/h32-47,57-64H,8-31,48-56,65,95H2,1-7H3,(H,96,105)(H2,97,101,106)(H2,98,102,107)(H2,99,103,108)(H2,100,104,109). The second-order valence-electron chi connectivity index (χ2n) is 30.4. The van der Waals surface area contributed by atoms with Crippen molar-refractivity contribution in [1.82, 2.24) is 5.32 Å². The zero-order valence-corrected chi connectivity index (χ0v) is 68.1. The molecule has 8 aromatic carbocycles. The van der Waals surface area contributed by atoms with Crippen LogP contribution in [0.4, 0.5) is 64.7 Å². The lowest BCUT2D eigenvalue weighted by molar-refractivity contribution is -0.123. The van der Waals surface area contributed by atoms with E-state index in [0.29, 0.717) is 122 Å². The van der Waals surface area contributed by atoms with Crippen molar-refractivity contribution >= 4 is 75.5 Å². The van der Waals surface area contributed by atoms with Crippen molar-refractivity contribution in [2.75, 3.05) is 82.1 Å². The molecular formula is C94H124N10O9. The Kier molecular flexibility index (Phi) is 36.0. The van der Waals surface area contributed by atoms with E-state index in [-0.39, 0.29) is 38.8 Å². The van der Waals surface area contributed by atoms with E-state index in [1.165, 1.54) is 77.0 Å². The molecule has 8 aromatic rings. The van der Waals surface area contributed by atoms with Crippen LogP contribution in [-0.2, 0) is 30.5 Å². The Labute approximate surface area is 671 Å². The topological polar surface area (TPSA) is 257 Å². The van der Waals surface area contributed by atoms with Crippen molar-refractivity contribution in [2.45, 2.75) is 228 Å². The number of benzene rings is 8. The second-order valence-corrected chi connectivity index (χ2v) is 30.4. The number of unbranched alkanes of at least 4 members (excludes halogenated alkanes) is 21. The summed E-state index contributed by atoms with van der Waals surface area (Å²) in [4.78, 5) is 72.5. The molecule has 0 fully saturated rings. The average Bonchev–Trinajstić information content (AvgIpc) is 0.772. The van der Waals surface area contributed by atoms with Crippen LogP contribution in [0.2, 0.25) is 0 Å². The largest absolute Gasteiger partial charge is 0.493 e. The van der Waals surface area contributed by atoms with E-state index < -0.39 is 36.6 Å². The molecule has 11 N–H and O–H groups in total. The highest BCUT2D eigenvalue weighted by atomic mass is 16.5. The molecule has 0 saturated heterocycles.